The number of para-hydroxylation sites is 1. The highest BCUT2D eigenvalue weighted by molar-refractivity contribution is 5.84. The van der Waals surface area contributed by atoms with Gasteiger partial charge in [-0.25, -0.2) is 0 Å². The minimum atomic E-state index is 0.780. The first kappa shape index (κ1) is 9.95. The maximum absolute atomic E-state index is 4.75. The molecule has 0 aromatic heterocycles. The predicted octanol–water partition coefficient (Wildman–Crippen LogP) is 4.25. The fraction of sp³-hybridized carbons (Fsp3) is 0.467. The van der Waals surface area contributed by atoms with Gasteiger partial charge in [0.25, 0.3) is 0 Å². The summed E-state index contributed by atoms with van der Waals surface area (Å²) < 4.78 is 0. The molecule has 0 spiro atoms. The summed E-state index contributed by atoms with van der Waals surface area (Å²) in [4.78, 5) is 0. The van der Waals surface area contributed by atoms with E-state index in [0.717, 1.165) is 5.92 Å². The van der Waals surface area contributed by atoms with Crippen LogP contribution in [0.1, 0.15) is 44.6 Å². The molecule has 1 aromatic rings. The summed E-state index contributed by atoms with van der Waals surface area (Å²) in [6.45, 7) is 2.28. The van der Waals surface area contributed by atoms with Crippen LogP contribution in [-0.2, 0) is 0 Å². The van der Waals surface area contributed by atoms with Crippen molar-refractivity contribution in [1.29, 1.82) is 0 Å². The van der Waals surface area contributed by atoms with E-state index in [1.165, 1.54) is 49.1 Å². The summed E-state index contributed by atoms with van der Waals surface area (Å²) >= 11 is 0. The van der Waals surface area contributed by atoms with Crippen molar-refractivity contribution < 1.29 is 0 Å². The standard InChI is InChI=1S/C15H18N/c1-2-3-6-11-9-10-14-15(11)12-7-4-5-8-13(12)16-14/h4-5,7-8,11H,2-3,6,9-10H2,1H3. The van der Waals surface area contributed by atoms with E-state index in [1.54, 1.807) is 5.57 Å². The molecule has 0 N–H and O–H groups in total. The normalized spacial score (nSPS) is 21.9. The largest absolute Gasteiger partial charge is 0.253 e. The Hall–Kier alpha value is -1.24. The molecule has 1 aliphatic heterocycles. The monoisotopic (exact) mass is 212 g/mol. The molecule has 16 heavy (non-hydrogen) atoms. The van der Waals surface area contributed by atoms with Crippen molar-refractivity contribution in [1.82, 2.24) is 5.32 Å². The van der Waals surface area contributed by atoms with E-state index in [9.17, 15) is 0 Å². The van der Waals surface area contributed by atoms with Gasteiger partial charge in [-0.05, 0) is 36.8 Å². The second-order valence-corrected chi connectivity index (χ2v) is 4.87. The fourth-order valence-electron chi connectivity index (χ4n) is 3.00. The number of hydrogen-bond donors (Lipinski definition) is 0. The first-order chi connectivity index (χ1) is 7.90. The van der Waals surface area contributed by atoms with Gasteiger partial charge in [0.05, 0.1) is 5.69 Å². The molecule has 1 atom stereocenters. The van der Waals surface area contributed by atoms with Crippen LogP contribution in [0, 0.1) is 5.92 Å². The molecule has 3 rings (SSSR count). The summed E-state index contributed by atoms with van der Waals surface area (Å²) in [6.07, 6.45) is 6.52. The number of allylic oxidation sites excluding steroid dienone is 2. The van der Waals surface area contributed by atoms with Gasteiger partial charge in [-0.1, -0.05) is 38.0 Å². The Kier molecular flexibility index (Phi) is 2.47. The summed E-state index contributed by atoms with van der Waals surface area (Å²) in [7, 11) is 0. The first-order valence-corrected chi connectivity index (χ1v) is 6.44. The zero-order chi connectivity index (χ0) is 11.0. The molecule has 1 nitrogen and oxygen atoms in total. The molecule has 1 heterocycles. The van der Waals surface area contributed by atoms with E-state index < -0.39 is 0 Å². The molecule has 0 amide bonds. The van der Waals surface area contributed by atoms with Crippen LogP contribution in [0.15, 0.2) is 30.0 Å². The first-order valence-electron chi connectivity index (χ1n) is 6.44. The Bertz CT molecular complexity index is 431. The number of rotatable bonds is 3. The Labute approximate surface area is 97.6 Å². The molecule has 0 saturated carbocycles. The average Bonchev–Trinajstić information content (AvgIpc) is 2.85. The van der Waals surface area contributed by atoms with Crippen molar-refractivity contribution in [2.24, 2.45) is 5.92 Å². The van der Waals surface area contributed by atoms with Crippen molar-refractivity contribution in [3.63, 3.8) is 0 Å². The van der Waals surface area contributed by atoms with Crippen LogP contribution in [0.25, 0.3) is 5.57 Å². The van der Waals surface area contributed by atoms with E-state index in [0.29, 0.717) is 0 Å². The van der Waals surface area contributed by atoms with Crippen LogP contribution >= 0.6 is 0 Å². The molecule has 83 valence electrons. The summed E-state index contributed by atoms with van der Waals surface area (Å²) in [5.74, 6) is 0.780. The predicted molar refractivity (Wildman–Crippen MR) is 67.4 cm³/mol. The van der Waals surface area contributed by atoms with Gasteiger partial charge < -0.3 is 0 Å². The van der Waals surface area contributed by atoms with Crippen molar-refractivity contribution >= 4 is 11.3 Å². The topological polar surface area (TPSA) is 14.1 Å². The van der Waals surface area contributed by atoms with Gasteiger partial charge in [-0.2, -0.15) is 0 Å². The van der Waals surface area contributed by atoms with E-state index in [-0.39, 0.29) is 0 Å². The molecule has 1 aliphatic carbocycles. The number of nitrogens with zero attached hydrogens (tertiary/aromatic N) is 1. The Balaban J connectivity index is 1.89. The maximum Gasteiger partial charge on any atom is 0.0708 e. The number of fused-ring (bicyclic) bond motifs is 2. The number of benzene rings is 1. The molecule has 0 bridgehead atoms. The Morgan fingerprint density at radius 3 is 3.06 bits per heavy atom. The zero-order valence-electron chi connectivity index (χ0n) is 9.87. The van der Waals surface area contributed by atoms with E-state index in [1.807, 2.05) is 0 Å². The van der Waals surface area contributed by atoms with Crippen molar-refractivity contribution in [3.05, 3.63) is 35.5 Å². The van der Waals surface area contributed by atoms with Gasteiger partial charge in [0.2, 0.25) is 0 Å². The molecule has 0 saturated heterocycles. The smallest absolute Gasteiger partial charge is 0.0708 e. The van der Waals surface area contributed by atoms with Gasteiger partial charge in [0, 0.05) is 11.3 Å². The molecule has 1 unspecified atom stereocenters. The van der Waals surface area contributed by atoms with Crippen LogP contribution in [0.2, 0.25) is 0 Å². The molecule has 0 fully saturated rings. The molecular weight excluding hydrogens is 194 g/mol. The van der Waals surface area contributed by atoms with Crippen LogP contribution in [-0.4, -0.2) is 0 Å². The molecular formula is C15H18N. The SMILES string of the molecule is CCCCC1CCC2=C1c1ccccc1[N]2. The molecule has 1 radical (unpaired) electrons. The van der Waals surface area contributed by atoms with Gasteiger partial charge in [-0.3, -0.25) is 5.32 Å². The highest BCUT2D eigenvalue weighted by atomic mass is 14.9. The molecule has 2 aliphatic rings. The van der Waals surface area contributed by atoms with Crippen molar-refractivity contribution in [3.8, 4) is 0 Å². The van der Waals surface area contributed by atoms with Crippen LogP contribution in [0.4, 0.5) is 5.69 Å². The lowest BCUT2D eigenvalue weighted by Gasteiger charge is -2.13. The molecule has 1 aromatic carbocycles. The minimum absolute atomic E-state index is 0.780. The highest BCUT2D eigenvalue weighted by Gasteiger charge is 2.32. The lowest BCUT2D eigenvalue weighted by atomic mass is 9.90. The van der Waals surface area contributed by atoms with Gasteiger partial charge >= 0.3 is 0 Å². The molecule has 1 heteroatoms. The third kappa shape index (κ3) is 1.46. The lowest BCUT2D eigenvalue weighted by molar-refractivity contribution is 0.553. The van der Waals surface area contributed by atoms with E-state index in [4.69, 9.17) is 5.32 Å². The average molecular weight is 212 g/mol. The van der Waals surface area contributed by atoms with Crippen LogP contribution < -0.4 is 5.32 Å². The van der Waals surface area contributed by atoms with Crippen LogP contribution in [0.5, 0.6) is 0 Å². The van der Waals surface area contributed by atoms with Crippen molar-refractivity contribution in [2.45, 2.75) is 39.0 Å². The highest BCUT2D eigenvalue weighted by Crippen LogP contribution is 2.48. The third-order valence-electron chi connectivity index (χ3n) is 3.80. The second-order valence-electron chi connectivity index (χ2n) is 4.87. The number of hydrogen-bond acceptors (Lipinski definition) is 0. The number of unbranched alkanes of at least 4 members (excludes halogenated alkanes) is 1. The maximum atomic E-state index is 4.75. The Morgan fingerprint density at radius 1 is 1.31 bits per heavy atom. The van der Waals surface area contributed by atoms with Gasteiger partial charge in [0.15, 0.2) is 0 Å². The summed E-state index contributed by atoms with van der Waals surface area (Å²) in [6, 6.07) is 8.61. The fourth-order valence-corrected chi connectivity index (χ4v) is 3.00. The van der Waals surface area contributed by atoms with Crippen molar-refractivity contribution in [2.75, 3.05) is 0 Å². The van der Waals surface area contributed by atoms with Gasteiger partial charge in [0.1, 0.15) is 0 Å². The van der Waals surface area contributed by atoms with Crippen LogP contribution in [0.3, 0.4) is 0 Å². The lowest BCUT2D eigenvalue weighted by Crippen LogP contribution is -1.98. The second kappa shape index (κ2) is 3.97. The van der Waals surface area contributed by atoms with E-state index in [2.05, 4.69) is 31.2 Å². The van der Waals surface area contributed by atoms with E-state index >= 15 is 0 Å². The zero-order valence-corrected chi connectivity index (χ0v) is 9.87. The van der Waals surface area contributed by atoms with Gasteiger partial charge in [-0.15, -0.1) is 0 Å². The summed E-state index contributed by atoms with van der Waals surface area (Å²) in [5, 5.41) is 4.75. The third-order valence-corrected chi connectivity index (χ3v) is 3.80. The summed E-state index contributed by atoms with van der Waals surface area (Å²) in [5.41, 5.74) is 5.57. The Morgan fingerprint density at radius 2 is 2.19 bits per heavy atom. The quantitative estimate of drug-likeness (QED) is 0.711. The minimum Gasteiger partial charge on any atom is -0.253 e.